The Balaban J connectivity index is 1.95. The van der Waals surface area contributed by atoms with Crippen molar-refractivity contribution < 1.29 is 23.0 Å². The number of carbonyl (C=O) groups is 1. The molecule has 0 saturated heterocycles. The van der Waals surface area contributed by atoms with Crippen LogP contribution in [0.2, 0.25) is 0 Å². The van der Waals surface area contributed by atoms with Crippen molar-refractivity contribution in [3.8, 4) is 0 Å². The lowest BCUT2D eigenvalue weighted by Crippen LogP contribution is -2.32. The van der Waals surface area contributed by atoms with Gasteiger partial charge in [0, 0.05) is 18.3 Å². The highest BCUT2D eigenvalue weighted by atomic mass is 19.1. The molecule has 6 nitrogen and oxygen atoms in total. The number of nitro groups is 1. The topological polar surface area (TPSA) is 86.2 Å². The van der Waals surface area contributed by atoms with Crippen LogP contribution in [0, 0.1) is 22.9 Å². The predicted molar refractivity (Wildman–Crippen MR) is 98.6 cm³/mol. The minimum atomic E-state index is -2.80. The van der Waals surface area contributed by atoms with Crippen LogP contribution in [0.3, 0.4) is 0 Å². The van der Waals surface area contributed by atoms with Gasteiger partial charge in [0.2, 0.25) is 5.67 Å². The Morgan fingerprint density at radius 2 is 1.79 bits per heavy atom. The molecule has 1 aliphatic rings. The van der Waals surface area contributed by atoms with Crippen molar-refractivity contribution in [3.05, 3.63) is 93.1 Å². The Morgan fingerprint density at radius 3 is 2.41 bits per heavy atom. The Kier molecular flexibility index (Phi) is 4.49. The maximum Gasteiger partial charge on any atom is 0.338 e. The quantitative estimate of drug-likeness (QED) is 0.468. The summed E-state index contributed by atoms with van der Waals surface area (Å²) in [6, 6.07) is 14.0. The van der Waals surface area contributed by atoms with Crippen molar-refractivity contribution in [1.29, 1.82) is 0 Å². The van der Waals surface area contributed by atoms with E-state index in [0.717, 1.165) is 0 Å². The van der Waals surface area contributed by atoms with Crippen molar-refractivity contribution >= 4 is 11.5 Å². The Hall–Kier alpha value is -3.42. The van der Waals surface area contributed by atoms with E-state index in [9.17, 15) is 19.3 Å². The van der Waals surface area contributed by atoms with E-state index in [-0.39, 0.29) is 12.1 Å². The van der Waals surface area contributed by atoms with Gasteiger partial charge in [0.25, 0.3) is 5.76 Å². The van der Waals surface area contributed by atoms with Crippen molar-refractivity contribution in [3.63, 3.8) is 0 Å². The molecule has 148 valence electrons. The third kappa shape index (κ3) is 2.91. The predicted octanol–water partition coefficient (Wildman–Crippen LogP) is 4.74. The summed E-state index contributed by atoms with van der Waals surface area (Å²) in [6.45, 7) is 1.31. The van der Waals surface area contributed by atoms with Gasteiger partial charge >= 0.3 is 5.69 Å². The smallest absolute Gasteiger partial charge is 0.338 e. The third-order valence-electron chi connectivity index (χ3n) is 5.44. The number of aryl methyl sites for hydroxylation is 1. The molecule has 1 heterocycles. The Labute approximate surface area is 164 Å². The van der Waals surface area contributed by atoms with Crippen molar-refractivity contribution in [2.75, 3.05) is 0 Å². The lowest BCUT2D eigenvalue weighted by molar-refractivity contribution is -0.387. The minimum Gasteiger partial charge on any atom is -0.349 e. The number of rotatable bonds is 4. The molecule has 0 unspecified atom stereocenters. The summed E-state index contributed by atoms with van der Waals surface area (Å²) < 4.78 is 35.1. The number of nitrogens with zero attached hydrogens (tertiary/aromatic N) is 2. The van der Waals surface area contributed by atoms with Crippen LogP contribution in [0.15, 0.2) is 59.1 Å². The van der Waals surface area contributed by atoms with Gasteiger partial charge in [-0.3, -0.25) is 14.9 Å². The van der Waals surface area contributed by atoms with E-state index in [1.54, 1.807) is 30.3 Å². The fourth-order valence-electron chi connectivity index (χ4n) is 4.15. The average Bonchev–Trinajstić information content (AvgIpc) is 3.22. The first-order chi connectivity index (χ1) is 13.8. The summed E-state index contributed by atoms with van der Waals surface area (Å²) in [5.41, 5.74) is -2.52. The molecule has 3 aromatic rings. The second-order valence-corrected chi connectivity index (χ2v) is 7.09. The maximum absolute atomic E-state index is 16.6. The summed E-state index contributed by atoms with van der Waals surface area (Å²) in [4.78, 5) is 23.7. The fourth-order valence-corrected chi connectivity index (χ4v) is 4.15. The molecule has 4 rings (SSSR count). The number of benzene rings is 2. The SMILES string of the molecule is Cc1noc([C@]2(F)C(=O)C[C@H](c3ccccc3)[C@H]2c2ccc(F)cc2)c1[N+](=O)[O-]. The first kappa shape index (κ1) is 18.9. The molecule has 0 N–H and O–H groups in total. The van der Waals surface area contributed by atoms with E-state index < -0.39 is 45.5 Å². The van der Waals surface area contributed by atoms with Crippen LogP contribution >= 0.6 is 0 Å². The number of alkyl halides is 1. The van der Waals surface area contributed by atoms with Gasteiger partial charge < -0.3 is 4.52 Å². The van der Waals surface area contributed by atoms with Crippen LogP contribution < -0.4 is 0 Å². The van der Waals surface area contributed by atoms with Gasteiger partial charge in [-0.2, -0.15) is 0 Å². The van der Waals surface area contributed by atoms with Crippen LogP contribution in [0.25, 0.3) is 0 Å². The van der Waals surface area contributed by atoms with Gasteiger partial charge in [-0.25, -0.2) is 8.78 Å². The Morgan fingerprint density at radius 1 is 1.14 bits per heavy atom. The highest BCUT2D eigenvalue weighted by Gasteiger charge is 2.63. The molecule has 2 aromatic carbocycles. The van der Waals surface area contributed by atoms with Crippen molar-refractivity contribution in [1.82, 2.24) is 5.16 Å². The van der Waals surface area contributed by atoms with Gasteiger partial charge in [0.15, 0.2) is 11.5 Å². The third-order valence-corrected chi connectivity index (χ3v) is 5.44. The van der Waals surface area contributed by atoms with Crippen LogP contribution in [0.1, 0.15) is 40.8 Å². The molecular weight excluding hydrogens is 382 g/mol. The van der Waals surface area contributed by atoms with Gasteiger partial charge in [-0.05, 0) is 30.2 Å². The molecule has 0 bridgehead atoms. The van der Waals surface area contributed by atoms with Crippen LogP contribution in [0.4, 0.5) is 14.5 Å². The molecule has 29 heavy (non-hydrogen) atoms. The van der Waals surface area contributed by atoms with Crippen LogP contribution in [-0.2, 0) is 10.5 Å². The zero-order valence-corrected chi connectivity index (χ0v) is 15.3. The lowest BCUT2D eigenvalue weighted by Gasteiger charge is -2.27. The van der Waals surface area contributed by atoms with E-state index >= 15 is 4.39 Å². The second kappa shape index (κ2) is 6.88. The maximum atomic E-state index is 16.6. The molecule has 8 heteroatoms. The van der Waals surface area contributed by atoms with E-state index in [4.69, 9.17) is 4.52 Å². The molecule has 0 radical (unpaired) electrons. The summed E-state index contributed by atoms with van der Waals surface area (Å²) in [6.07, 6.45) is -0.181. The molecule has 1 saturated carbocycles. The number of hydrogen-bond donors (Lipinski definition) is 0. The summed E-state index contributed by atoms with van der Waals surface area (Å²) >= 11 is 0. The van der Waals surface area contributed by atoms with Crippen LogP contribution in [-0.4, -0.2) is 15.9 Å². The molecule has 3 atom stereocenters. The number of ketones is 1. The molecular formula is C21H16F2N2O4. The van der Waals surface area contributed by atoms with Gasteiger partial charge in [-0.1, -0.05) is 47.6 Å². The number of aromatic nitrogens is 1. The molecule has 0 amide bonds. The number of hydrogen-bond acceptors (Lipinski definition) is 5. The second-order valence-electron chi connectivity index (χ2n) is 7.09. The molecule has 1 aliphatic carbocycles. The number of carbonyl (C=O) groups excluding carboxylic acids is 1. The largest absolute Gasteiger partial charge is 0.349 e. The van der Waals surface area contributed by atoms with E-state index in [1.165, 1.54) is 31.2 Å². The van der Waals surface area contributed by atoms with Gasteiger partial charge in [-0.15, -0.1) is 0 Å². The summed E-state index contributed by atoms with van der Waals surface area (Å²) in [7, 11) is 0. The van der Waals surface area contributed by atoms with Gasteiger partial charge in [0.1, 0.15) is 5.82 Å². The summed E-state index contributed by atoms with van der Waals surface area (Å²) in [5.74, 6) is -3.80. The fraction of sp³-hybridized carbons (Fsp3) is 0.238. The molecule has 1 fully saturated rings. The zero-order valence-electron chi connectivity index (χ0n) is 15.3. The monoisotopic (exact) mass is 398 g/mol. The molecule has 0 aliphatic heterocycles. The van der Waals surface area contributed by atoms with E-state index in [0.29, 0.717) is 11.1 Å². The average molecular weight is 398 g/mol. The van der Waals surface area contributed by atoms with E-state index in [2.05, 4.69) is 5.16 Å². The molecule has 1 aromatic heterocycles. The zero-order chi connectivity index (χ0) is 20.8. The van der Waals surface area contributed by atoms with Crippen molar-refractivity contribution in [2.24, 2.45) is 0 Å². The van der Waals surface area contributed by atoms with Gasteiger partial charge in [0.05, 0.1) is 4.92 Å². The highest BCUT2D eigenvalue weighted by molar-refractivity contribution is 5.94. The Bertz CT molecular complexity index is 1080. The number of Topliss-reactive ketones (excluding diaryl/α,β-unsaturated/α-hetero) is 1. The van der Waals surface area contributed by atoms with E-state index in [1.807, 2.05) is 0 Å². The minimum absolute atomic E-state index is 0.115. The highest BCUT2D eigenvalue weighted by Crippen LogP contribution is 2.58. The number of halogens is 2. The summed E-state index contributed by atoms with van der Waals surface area (Å²) in [5, 5.41) is 15.1. The first-order valence-corrected chi connectivity index (χ1v) is 8.97. The molecule has 0 spiro atoms. The normalized spacial score (nSPS) is 24.0. The standard InChI is InChI=1S/C21H16F2N2O4/c1-12-19(25(27)28)20(29-24-12)21(23)17(26)11-16(13-5-3-2-4-6-13)18(21)14-7-9-15(22)10-8-14/h2-10,16,18H,11H2,1H3/t16-,18-,21+/m1/s1. The lowest BCUT2D eigenvalue weighted by atomic mass is 9.77. The van der Waals surface area contributed by atoms with Crippen LogP contribution in [0.5, 0.6) is 0 Å². The van der Waals surface area contributed by atoms with Crippen molar-refractivity contribution in [2.45, 2.75) is 30.8 Å². The first-order valence-electron chi connectivity index (χ1n) is 8.97.